The second kappa shape index (κ2) is 6.72. The highest BCUT2D eigenvalue weighted by molar-refractivity contribution is 7.86. The Labute approximate surface area is 128 Å². The zero-order chi connectivity index (χ0) is 14.6. The van der Waals surface area contributed by atoms with Gasteiger partial charge in [0.05, 0.1) is 11.5 Å². The molecule has 1 heterocycles. The third-order valence-corrected chi connectivity index (χ3v) is 5.50. The van der Waals surface area contributed by atoms with Gasteiger partial charge in [-0.25, -0.2) is 0 Å². The molecule has 1 aromatic heterocycles. The van der Waals surface area contributed by atoms with Crippen molar-refractivity contribution in [2.75, 3.05) is 6.61 Å². The first kappa shape index (κ1) is 15.5. The zero-order valence-electron chi connectivity index (χ0n) is 11.0. The van der Waals surface area contributed by atoms with E-state index >= 15 is 0 Å². The van der Waals surface area contributed by atoms with E-state index in [4.69, 9.17) is 15.8 Å². The van der Waals surface area contributed by atoms with Gasteiger partial charge in [0.2, 0.25) is 0 Å². The van der Waals surface area contributed by atoms with Crippen molar-refractivity contribution >= 4 is 33.1 Å². The maximum absolute atomic E-state index is 12.0. The van der Waals surface area contributed by atoms with Crippen molar-refractivity contribution in [2.45, 2.75) is 24.1 Å². The molecule has 2 rings (SSSR count). The minimum atomic E-state index is -3.68. The Morgan fingerprint density at radius 1 is 1.20 bits per heavy atom. The van der Waals surface area contributed by atoms with Crippen molar-refractivity contribution in [3.05, 3.63) is 51.7 Å². The lowest BCUT2D eigenvalue weighted by Gasteiger charge is -2.06. The molecule has 3 nitrogen and oxygen atoms in total. The van der Waals surface area contributed by atoms with E-state index in [1.807, 2.05) is 18.4 Å². The minimum Gasteiger partial charge on any atom is -0.266 e. The number of alkyl halides is 1. The average Bonchev–Trinajstić information content (AvgIpc) is 2.86. The van der Waals surface area contributed by atoms with Gasteiger partial charge in [0, 0.05) is 17.2 Å². The number of halogens is 1. The minimum absolute atomic E-state index is 0.126. The second-order valence-corrected chi connectivity index (χ2v) is 7.23. The predicted octanol–water partition coefficient (Wildman–Crippen LogP) is 3.74. The summed E-state index contributed by atoms with van der Waals surface area (Å²) in [5.74, 6) is 0.434. The fourth-order valence-electron chi connectivity index (χ4n) is 1.72. The number of hydrogen-bond acceptors (Lipinski definition) is 4. The van der Waals surface area contributed by atoms with E-state index in [1.165, 1.54) is 0 Å². The molecule has 0 atom stereocenters. The number of rotatable bonds is 6. The Morgan fingerprint density at radius 2 is 1.90 bits per heavy atom. The van der Waals surface area contributed by atoms with Gasteiger partial charge in [-0.05, 0) is 36.1 Å². The third-order valence-electron chi connectivity index (χ3n) is 2.86. The Bertz CT molecular complexity index is 660. The van der Waals surface area contributed by atoms with Crippen LogP contribution in [-0.2, 0) is 26.6 Å². The van der Waals surface area contributed by atoms with Crippen LogP contribution in [0.4, 0.5) is 0 Å². The second-order valence-electron chi connectivity index (χ2n) is 4.34. The van der Waals surface area contributed by atoms with E-state index in [2.05, 4.69) is 0 Å². The van der Waals surface area contributed by atoms with Crippen LogP contribution in [0.15, 0.2) is 40.6 Å². The Hall–Kier alpha value is -0.880. The van der Waals surface area contributed by atoms with Crippen LogP contribution in [0.25, 0.3) is 0 Å². The van der Waals surface area contributed by atoms with E-state index in [1.54, 1.807) is 35.6 Å². The van der Waals surface area contributed by atoms with Gasteiger partial charge >= 0.3 is 0 Å². The van der Waals surface area contributed by atoms with Gasteiger partial charge in [0.15, 0.2) is 0 Å². The van der Waals surface area contributed by atoms with Gasteiger partial charge in [-0.15, -0.1) is 22.9 Å². The van der Waals surface area contributed by atoms with Crippen LogP contribution in [0.3, 0.4) is 0 Å². The van der Waals surface area contributed by atoms with Crippen LogP contribution in [0.2, 0.25) is 0 Å². The Balaban J connectivity index is 1.98. The van der Waals surface area contributed by atoms with Gasteiger partial charge in [-0.1, -0.05) is 17.7 Å². The van der Waals surface area contributed by atoms with Crippen molar-refractivity contribution in [1.82, 2.24) is 0 Å². The fraction of sp³-hybridized carbons (Fsp3) is 0.286. The van der Waals surface area contributed by atoms with E-state index < -0.39 is 10.1 Å². The maximum atomic E-state index is 12.0. The number of aryl methyl sites for hydroxylation is 1. The molecule has 0 amide bonds. The normalized spacial score (nSPS) is 11.7. The summed E-state index contributed by atoms with van der Waals surface area (Å²) in [5.41, 5.74) is 2.04. The lowest BCUT2D eigenvalue weighted by atomic mass is 10.2. The molecule has 0 aliphatic heterocycles. The molecule has 0 N–H and O–H groups in total. The van der Waals surface area contributed by atoms with E-state index in [0.717, 1.165) is 16.0 Å². The molecular weight excluding hydrogens is 316 g/mol. The lowest BCUT2D eigenvalue weighted by molar-refractivity contribution is 0.323. The molecule has 0 aliphatic rings. The molecule has 0 saturated heterocycles. The molecule has 0 aliphatic carbocycles. The Kier molecular flexibility index (Phi) is 5.21. The number of thiophene rings is 1. The van der Waals surface area contributed by atoms with Crippen molar-refractivity contribution in [1.29, 1.82) is 0 Å². The van der Waals surface area contributed by atoms with E-state index in [0.29, 0.717) is 12.3 Å². The first-order chi connectivity index (χ1) is 9.53. The summed E-state index contributed by atoms with van der Waals surface area (Å²) in [6, 6.07) is 8.56. The highest BCUT2D eigenvalue weighted by Crippen LogP contribution is 2.20. The molecule has 0 unspecified atom stereocenters. The highest BCUT2D eigenvalue weighted by Gasteiger charge is 2.15. The van der Waals surface area contributed by atoms with E-state index in [9.17, 15) is 8.42 Å². The molecule has 1 aromatic carbocycles. The summed E-state index contributed by atoms with van der Waals surface area (Å²) >= 11 is 7.36. The fourth-order valence-corrected chi connectivity index (χ4v) is 3.85. The van der Waals surface area contributed by atoms with Crippen LogP contribution in [0, 0.1) is 6.92 Å². The monoisotopic (exact) mass is 330 g/mol. The zero-order valence-corrected chi connectivity index (χ0v) is 13.4. The largest absolute Gasteiger partial charge is 0.296 e. The van der Waals surface area contributed by atoms with Crippen LogP contribution in [-0.4, -0.2) is 15.0 Å². The summed E-state index contributed by atoms with van der Waals surface area (Å²) in [7, 11) is -3.68. The molecule has 0 radical (unpaired) electrons. The van der Waals surface area contributed by atoms with Crippen LogP contribution < -0.4 is 0 Å². The first-order valence-electron chi connectivity index (χ1n) is 6.10. The van der Waals surface area contributed by atoms with Crippen molar-refractivity contribution in [3.8, 4) is 0 Å². The molecule has 20 heavy (non-hydrogen) atoms. The molecule has 108 valence electrons. The average molecular weight is 331 g/mol. The SMILES string of the molecule is Cc1ccc(S(=O)(=O)OCCc2sccc2CCl)cc1. The van der Waals surface area contributed by atoms with Crippen LogP contribution in [0.1, 0.15) is 16.0 Å². The van der Waals surface area contributed by atoms with E-state index in [-0.39, 0.29) is 11.5 Å². The van der Waals surface area contributed by atoms with Crippen molar-refractivity contribution in [2.24, 2.45) is 0 Å². The number of benzene rings is 1. The van der Waals surface area contributed by atoms with Crippen LogP contribution in [0.5, 0.6) is 0 Å². The van der Waals surface area contributed by atoms with Gasteiger partial charge in [-0.3, -0.25) is 4.18 Å². The van der Waals surface area contributed by atoms with Gasteiger partial charge in [-0.2, -0.15) is 8.42 Å². The maximum Gasteiger partial charge on any atom is 0.296 e. The summed E-state index contributed by atoms with van der Waals surface area (Å²) < 4.78 is 29.0. The molecule has 6 heteroatoms. The standard InChI is InChI=1S/C14H15ClO3S2/c1-11-2-4-13(5-3-11)20(16,17)18-8-6-14-12(10-15)7-9-19-14/h2-5,7,9H,6,8,10H2,1H3. The Morgan fingerprint density at radius 3 is 2.55 bits per heavy atom. The molecule has 0 saturated carbocycles. The summed E-state index contributed by atoms with van der Waals surface area (Å²) in [5, 5.41) is 1.95. The topological polar surface area (TPSA) is 43.4 Å². The molecule has 0 fully saturated rings. The van der Waals surface area contributed by atoms with Gasteiger partial charge < -0.3 is 0 Å². The first-order valence-corrected chi connectivity index (χ1v) is 8.92. The molecule has 2 aromatic rings. The van der Waals surface area contributed by atoms with Gasteiger partial charge in [0.1, 0.15) is 0 Å². The molecule has 0 spiro atoms. The van der Waals surface area contributed by atoms with Crippen molar-refractivity contribution in [3.63, 3.8) is 0 Å². The highest BCUT2D eigenvalue weighted by atomic mass is 35.5. The van der Waals surface area contributed by atoms with Crippen LogP contribution >= 0.6 is 22.9 Å². The quantitative estimate of drug-likeness (QED) is 0.598. The molecular formula is C14H15ClO3S2. The molecule has 0 bridgehead atoms. The van der Waals surface area contributed by atoms with Gasteiger partial charge in [0.25, 0.3) is 10.1 Å². The number of hydrogen-bond donors (Lipinski definition) is 0. The summed E-state index contributed by atoms with van der Waals surface area (Å²) in [6.45, 7) is 2.03. The summed E-state index contributed by atoms with van der Waals surface area (Å²) in [6.07, 6.45) is 0.546. The lowest BCUT2D eigenvalue weighted by Crippen LogP contribution is -2.09. The summed E-state index contributed by atoms with van der Waals surface area (Å²) in [4.78, 5) is 1.26. The predicted molar refractivity (Wildman–Crippen MR) is 81.9 cm³/mol. The van der Waals surface area contributed by atoms with Crippen molar-refractivity contribution < 1.29 is 12.6 Å². The smallest absolute Gasteiger partial charge is 0.266 e. The third kappa shape index (κ3) is 3.82.